The Kier molecular flexibility index (Phi) is 3.18. The maximum Gasteiger partial charge on any atom is 0.223 e. The lowest BCUT2D eigenvalue weighted by Gasteiger charge is -2.40. The van der Waals surface area contributed by atoms with E-state index >= 15 is 0 Å². The molecule has 0 aromatic carbocycles. The van der Waals surface area contributed by atoms with Gasteiger partial charge in [-0.1, -0.05) is 40.0 Å². The molecule has 0 aliphatic heterocycles. The molecule has 2 heteroatoms. The Morgan fingerprint density at radius 2 is 1.74 bits per heavy atom. The van der Waals surface area contributed by atoms with Crippen LogP contribution in [0.25, 0.3) is 0 Å². The largest absolute Gasteiger partial charge is 0.353 e. The van der Waals surface area contributed by atoms with Gasteiger partial charge in [0.05, 0.1) is 0 Å². The molecule has 3 rings (SSSR count). The van der Waals surface area contributed by atoms with Crippen LogP contribution in [-0.2, 0) is 4.79 Å². The van der Waals surface area contributed by atoms with Crippen molar-refractivity contribution in [3.8, 4) is 0 Å². The van der Waals surface area contributed by atoms with Gasteiger partial charge in [-0.3, -0.25) is 4.79 Å². The predicted octanol–water partition coefficient (Wildman–Crippen LogP) is 3.90. The fourth-order valence-electron chi connectivity index (χ4n) is 5.08. The van der Waals surface area contributed by atoms with Crippen molar-refractivity contribution in [2.24, 2.45) is 22.7 Å². The molecule has 2 nitrogen and oxygen atoms in total. The highest BCUT2D eigenvalue weighted by molar-refractivity contribution is 5.79. The van der Waals surface area contributed by atoms with Gasteiger partial charge in [0.15, 0.2) is 0 Å². The second kappa shape index (κ2) is 4.49. The lowest BCUT2D eigenvalue weighted by molar-refractivity contribution is -0.127. The van der Waals surface area contributed by atoms with Crippen molar-refractivity contribution in [2.45, 2.75) is 78.2 Å². The summed E-state index contributed by atoms with van der Waals surface area (Å²) < 4.78 is 0. The molecule has 3 unspecified atom stereocenters. The molecule has 1 amide bonds. The Morgan fingerprint density at radius 1 is 1.05 bits per heavy atom. The van der Waals surface area contributed by atoms with Crippen LogP contribution >= 0.6 is 0 Å². The van der Waals surface area contributed by atoms with E-state index in [2.05, 4.69) is 26.1 Å². The molecular weight excluding hydrogens is 234 g/mol. The van der Waals surface area contributed by atoms with Crippen molar-refractivity contribution in [3.63, 3.8) is 0 Å². The summed E-state index contributed by atoms with van der Waals surface area (Å²) in [4.78, 5) is 12.5. The van der Waals surface area contributed by atoms with Gasteiger partial charge in [0.1, 0.15) is 0 Å². The number of carbonyl (C=O) groups is 1. The number of carbonyl (C=O) groups excluding carboxylic acids is 1. The molecule has 0 heterocycles. The third kappa shape index (κ3) is 1.94. The number of nitrogens with one attached hydrogen (secondary N) is 1. The summed E-state index contributed by atoms with van der Waals surface area (Å²) in [5.41, 5.74) is 0.722. The maximum absolute atomic E-state index is 12.5. The molecule has 0 aromatic rings. The lowest BCUT2D eigenvalue weighted by Crippen LogP contribution is -2.48. The molecule has 2 bridgehead atoms. The molecule has 3 aliphatic carbocycles. The van der Waals surface area contributed by atoms with Gasteiger partial charge in [-0.05, 0) is 48.9 Å². The van der Waals surface area contributed by atoms with Crippen LogP contribution in [0.2, 0.25) is 0 Å². The number of hydrogen-bond donors (Lipinski definition) is 1. The van der Waals surface area contributed by atoms with Gasteiger partial charge in [-0.2, -0.15) is 0 Å². The topological polar surface area (TPSA) is 29.1 Å². The molecule has 0 radical (unpaired) electrons. The van der Waals surface area contributed by atoms with E-state index in [4.69, 9.17) is 0 Å². The van der Waals surface area contributed by atoms with Crippen LogP contribution in [0.15, 0.2) is 0 Å². The molecule has 3 saturated carbocycles. The van der Waals surface area contributed by atoms with E-state index in [1.807, 2.05) is 0 Å². The molecule has 0 spiro atoms. The molecule has 1 N–H and O–H groups in total. The number of amides is 1. The Balaban J connectivity index is 1.66. The quantitative estimate of drug-likeness (QED) is 0.804. The Morgan fingerprint density at radius 3 is 2.26 bits per heavy atom. The first-order chi connectivity index (χ1) is 8.95. The van der Waals surface area contributed by atoms with Crippen LogP contribution in [0.1, 0.15) is 72.1 Å². The van der Waals surface area contributed by atoms with Crippen LogP contribution in [0, 0.1) is 22.7 Å². The summed E-state index contributed by atoms with van der Waals surface area (Å²) in [6.07, 6.45) is 9.90. The predicted molar refractivity (Wildman–Crippen MR) is 77.7 cm³/mol. The zero-order chi connectivity index (χ0) is 13.7. The third-order valence-corrected chi connectivity index (χ3v) is 7.09. The van der Waals surface area contributed by atoms with Crippen molar-refractivity contribution < 1.29 is 4.79 Å². The molecule has 3 atom stereocenters. The molecule has 3 fully saturated rings. The van der Waals surface area contributed by atoms with Gasteiger partial charge in [-0.25, -0.2) is 0 Å². The minimum absolute atomic E-state index is 0.305. The second-order valence-electron chi connectivity index (χ2n) is 8.01. The Labute approximate surface area is 117 Å². The first-order valence-electron chi connectivity index (χ1n) is 8.25. The monoisotopic (exact) mass is 263 g/mol. The molecule has 108 valence electrons. The second-order valence-corrected chi connectivity index (χ2v) is 8.01. The van der Waals surface area contributed by atoms with E-state index in [1.165, 1.54) is 38.5 Å². The summed E-state index contributed by atoms with van der Waals surface area (Å²) in [6, 6.07) is 0.427. The van der Waals surface area contributed by atoms with Crippen LogP contribution < -0.4 is 5.32 Å². The highest BCUT2D eigenvalue weighted by Crippen LogP contribution is 2.65. The Hall–Kier alpha value is -0.530. The average molecular weight is 263 g/mol. The average Bonchev–Trinajstić information content (AvgIpc) is 2.73. The molecular formula is C17H29NO. The zero-order valence-corrected chi connectivity index (χ0v) is 12.8. The van der Waals surface area contributed by atoms with E-state index in [1.54, 1.807) is 0 Å². The van der Waals surface area contributed by atoms with Gasteiger partial charge in [0.25, 0.3) is 0 Å². The molecule has 0 aromatic heterocycles. The fourth-order valence-corrected chi connectivity index (χ4v) is 5.08. The summed E-state index contributed by atoms with van der Waals surface area (Å²) in [5.74, 6) is 1.48. The van der Waals surface area contributed by atoms with E-state index in [-0.39, 0.29) is 0 Å². The SMILES string of the molecule is CC1(C)C2CCC1(C)C(NC(=O)C1CCCCC1)C2. The standard InChI is InChI=1S/C17H29NO/c1-16(2)13-9-10-17(16,3)14(11-13)18-15(19)12-7-5-4-6-8-12/h12-14H,4-11H2,1-3H3,(H,18,19). The number of hydrogen-bond acceptors (Lipinski definition) is 1. The van der Waals surface area contributed by atoms with Crippen molar-refractivity contribution >= 4 is 5.91 Å². The van der Waals surface area contributed by atoms with Crippen LogP contribution in [0.5, 0.6) is 0 Å². The minimum atomic E-state index is 0.305. The van der Waals surface area contributed by atoms with Crippen molar-refractivity contribution in [3.05, 3.63) is 0 Å². The van der Waals surface area contributed by atoms with Crippen molar-refractivity contribution in [1.29, 1.82) is 0 Å². The van der Waals surface area contributed by atoms with Gasteiger partial charge in [0, 0.05) is 12.0 Å². The maximum atomic E-state index is 12.5. The van der Waals surface area contributed by atoms with E-state index in [9.17, 15) is 4.79 Å². The highest BCUT2D eigenvalue weighted by Gasteiger charge is 2.61. The van der Waals surface area contributed by atoms with Gasteiger partial charge in [-0.15, -0.1) is 0 Å². The van der Waals surface area contributed by atoms with Crippen LogP contribution in [0.4, 0.5) is 0 Å². The molecule has 19 heavy (non-hydrogen) atoms. The van der Waals surface area contributed by atoms with Gasteiger partial charge < -0.3 is 5.32 Å². The lowest BCUT2D eigenvalue weighted by atomic mass is 9.69. The van der Waals surface area contributed by atoms with Crippen LogP contribution in [-0.4, -0.2) is 11.9 Å². The first kappa shape index (κ1) is 13.5. The third-order valence-electron chi connectivity index (χ3n) is 7.09. The first-order valence-corrected chi connectivity index (χ1v) is 8.25. The number of fused-ring (bicyclic) bond motifs is 2. The van der Waals surface area contributed by atoms with Gasteiger partial charge >= 0.3 is 0 Å². The number of rotatable bonds is 2. The van der Waals surface area contributed by atoms with E-state index in [0.717, 1.165) is 18.8 Å². The summed E-state index contributed by atoms with van der Waals surface area (Å²) in [6.45, 7) is 7.24. The smallest absolute Gasteiger partial charge is 0.223 e. The Bertz CT molecular complexity index is 369. The van der Waals surface area contributed by atoms with Crippen molar-refractivity contribution in [2.75, 3.05) is 0 Å². The van der Waals surface area contributed by atoms with E-state index < -0.39 is 0 Å². The van der Waals surface area contributed by atoms with Crippen molar-refractivity contribution in [1.82, 2.24) is 5.32 Å². The molecule has 3 aliphatic rings. The van der Waals surface area contributed by atoms with E-state index in [0.29, 0.717) is 28.7 Å². The summed E-state index contributed by atoms with van der Waals surface area (Å²) in [7, 11) is 0. The zero-order valence-electron chi connectivity index (χ0n) is 12.8. The fraction of sp³-hybridized carbons (Fsp3) is 0.941. The minimum Gasteiger partial charge on any atom is -0.353 e. The van der Waals surface area contributed by atoms with Crippen LogP contribution in [0.3, 0.4) is 0 Å². The highest BCUT2D eigenvalue weighted by atomic mass is 16.2. The summed E-state index contributed by atoms with van der Waals surface area (Å²) in [5, 5.41) is 3.44. The summed E-state index contributed by atoms with van der Waals surface area (Å²) >= 11 is 0. The van der Waals surface area contributed by atoms with Gasteiger partial charge in [0.2, 0.25) is 5.91 Å². The normalized spacial score (nSPS) is 41.4. The molecule has 0 saturated heterocycles.